The summed E-state index contributed by atoms with van der Waals surface area (Å²) in [6.45, 7) is 3.63. The van der Waals surface area contributed by atoms with E-state index in [0.717, 1.165) is 5.56 Å². The number of hydrogen-bond donors (Lipinski definition) is 3. The van der Waals surface area contributed by atoms with E-state index in [1.165, 1.54) is 19.2 Å². The minimum Gasteiger partial charge on any atom is -0.328 e. The van der Waals surface area contributed by atoms with Gasteiger partial charge in [-0.25, -0.2) is 13.1 Å². The molecule has 0 heterocycles. The Balaban J connectivity index is 2.90. The summed E-state index contributed by atoms with van der Waals surface area (Å²) in [5, 5.41) is 2.72. The second-order valence-electron chi connectivity index (χ2n) is 4.75. The molecule has 0 aliphatic heterocycles. The normalized spacial score (nSPS) is 13.0. The van der Waals surface area contributed by atoms with Crippen LogP contribution in [0.4, 0.5) is 5.69 Å². The minimum absolute atomic E-state index is 0.0437. The van der Waals surface area contributed by atoms with Crippen LogP contribution in [0.3, 0.4) is 0 Å². The molecule has 1 aromatic rings. The zero-order valence-electron chi connectivity index (χ0n) is 11.9. The highest BCUT2D eigenvalue weighted by Crippen LogP contribution is 2.20. The van der Waals surface area contributed by atoms with Crippen LogP contribution in [0.2, 0.25) is 0 Å². The molecule has 7 heteroatoms. The number of hydrogen-bond acceptors (Lipinski definition) is 4. The summed E-state index contributed by atoms with van der Waals surface area (Å²) in [6.07, 6.45) is 0.888. The molecule has 0 aromatic heterocycles. The lowest BCUT2D eigenvalue weighted by Gasteiger charge is -2.11. The molecule has 0 bridgehead atoms. The summed E-state index contributed by atoms with van der Waals surface area (Å²) in [5.41, 5.74) is 6.89. The first-order chi connectivity index (χ1) is 9.26. The quantitative estimate of drug-likeness (QED) is 0.728. The highest BCUT2D eigenvalue weighted by atomic mass is 32.2. The lowest BCUT2D eigenvalue weighted by Crippen LogP contribution is -2.21. The molecule has 20 heavy (non-hydrogen) atoms. The number of carbonyl (C=O) groups is 1. The fraction of sp³-hybridized carbons (Fsp3) is 0.462. The van der Waals surface area contributed by atoms with Gasteiger partial charge >= 0.3 is 0 Å². The molecule has 0 aliphatic rings. The molecule has 112 valence electrons. The maximum atomic E-state index is 11.8. The summed E-state index contributed by atoms with van der Waals surface area (Å²) in [4.78, 5) is 11.9. The molecule has 1 atom stereocenters. The first kappa shape index (κ1) is 16.6. The standard InChI is InChI=1S/C13H21N3O3S/c1-9-4-6-11(20(18,19)15-3)8-12(9)16-13(17)7-5-10(2)14/h4,6,8,10,15H,5,7,14H2,1-3H3,(H,16,17). The van der Waals surface area contributed by atoms with Crippen molar-refractivity contribution in [3.63, 3.8) is 0 Å². The number of nitrogens with one attached hydrogen (secondary N) is 2. The molecular weight excluding hydrogens is 278 g/mol. The third-order valence-electron chi connectivity index (χ3n) is 2.89. The number of benzene rings is 1. The zero-order valence-corrected chi connectivity index (χ0v) is 12.8. The highest BCUT2D eigenvalue weighted by molar-refractivity contribution is 7.89. The Morgan fingerprint density at radius 1 is 1.40 bits per heavy atom. The monoisotopic (exact) mass is 299 g/mol. The molecule has 1 rings (SSSR count). The average Bonchev–Trinajstić information content (AvgIpc) is 2.38. The van der Waals surface area contributed by atoms with E-state index >= 15 is 0 Å². The van der Waals surface area contributed by atoms with Crippen LogP contribution < -0.4 is 15.8 Å². The fourth-order valence-electron chi connectivity index (χ4n) is 1.59. The van der Waals surface area contributed by atoms with Gasteiger partial charge < -0.3 is 11.1 Å². The predicted molar refractivity (Wildman–Crippen MR) is 78.9 cm³/mol. The summed E-state index contributed by atoms with van der Waals surface area (Å²) in [7, 11) is -2.18. The Morgan fingerprint density at radius 3 is 2.60 bits per heavy atom. The van der Waals surface area contributed by atoms with E-state index in [2.05, 4.69) is 10.0 Å². The van der Waals surface area contributed by atoms with Crippen LogP contribution in [-0.2, 0) is 14.8 Å². The SMILES string of the molecule is CNS(=O)(=O)c1ccc(C)c(NC(=O)CCC(C)N)c1. The molecule has 1 amide bonds. The molecule has 0 spiro atoms. The number of rotatable bonds is 6. The van der Waals surface area contributed by atoms with Gasteiger partial charge in [0.25, 0.3) is 0 Å². The van der Waals surface area contributed by atoms with Crippen LogP contribution in [0, 0.1) is 6.92 Å². The largest absolute Gasteiger partial charge is 0.328 e. The number of amides is 1. The van der Waals surface area contributed by atoms with E-state index in [0.29, 0.717) is 18.5 Å². The van der Waals surface area contributed by atoms with E-state index in [1.54, 1.807) is 13.0 Å². The maximum Gasteiger partial charge on any atom is 0.240 e. The molecular formula is C13H21N3O3S. The van der Waals surface area contributed by atoms with E-state index in [9.17, 15) is 13.2 Å². The first-order valence-corrected chi connectivity index (χ1v) is 7.84. The molecule has 0 radical (unpaired) electrons. The summed E-state index contributed by atoms with van der Waals surface area (Å²) < 4.78 is 25.7. The van der Waals surface area contributed by atoms with Crippen LogP contribution in [-0.4, -0.2) is 27.4 Å². The van der Waals surface area contributed by atoms with Crippen LogP contribution in [0.25, 0.3) is 0 Å². The fourth-order valence-corrected chi connectivity index (χ4v) is 2.35. The van der Waals surface area contributed by atoms with Gasteiger partial charge in [0.1, 0.15) is 0 Å². The number of carbonyl (C=O) groups excluding carboxylic acids is 1. The number of nitrogens with two attached hydrogens (primary N) is 1. The van der Waals surface area contributed by atoms with Gasteiger partial charge in [-0.3, -0.25) is 4.79 Å². The predicted octanol–water partition coefficient (Wildman–Crippen LogP) is 0.969. The number of anilines is 1. The van der Waals surface area contributed by atoms with Crippen molar-refractivity contribution in [1.29, 1.82) is 0 Å². The van der Waals surface area contributed by atoms with Crippen LogP contribution in [0.5, 0.6) is 0 Å². The maximum absolute atomic E-state index is 11.8. The summed E-state index contributed by atoms with van der Waals surface area (Å²) in [5.74, 6) is -0.176. The molecule has 0 aliphatic carbocycles. The molecule has 0 saturated carbocycles. The molecule has 4 N–H and O–H groups in total. The van der Waals surface area contributed by atoms with Crippen molar-refractivity contribution in [2.45, 2.75) is 37.6 Å². The second-order valence-corrected chi connectivity index (χ2v) is 6.63. The van der Waals surface area contributed by atoms with Crippen LogP contribution in [0.15, 0.2) is 23.1 Å². The average molecular weight is 299 g/mol. The van der Waals surface area contributed by atoms with Gasteiger partial charge in [0, 0.05) is 18.2 Å². The Morgan fingerprint density at radius 2 is 2.05 bits per heavy atom. The van der Waals surface area contributed by atoms with Gasteiger partial charge in [0.05, 0.1) is 4.90 Å². The molecule has 6 nitrogen and oxygen atoms in total. The third-order valence-corrected chi connectivity index (χ3v) is 4.30. The van der Waals surface area contributed by atoms with Crippen molar-refractivity contribution < 1.29 is 13.2 Å². The second kappa shape index (κ2) is 6.83. The van der Waals surface area contributed by atoms with E-state index in [4.69, 9.17) is 5.73 Å². The lowest BCUT2D eigenvalue weighted by atomic mass is 10.1. The summed E-state index contributed by atoms with van der Waals surface area (Å²) in [6, 6.07) is 4.56. The molecule has 1 unspecified atom stereocenters. The number of aryl methyl sites for hydroxylation is 1. The van der Waals surface area contributed by atoms with Gasteiger partial charge in [0.15, 0.2) is 0 Å². The van der Waals surface area contributed by atoms with Crippen LogP contribution >= 0.6 is 0 Å². The van der Waals surface area contributed by atoms with Gasteiger partial charge in [0.2, 0.25) is 15.9 Å². The lowest BCUT2D eigenvalue weighted by molar-refractivity contribution is -0.116. The van der Waals surface area contributed by atoms with Crippen molar-refractivity contribution in [2.75, 3.05) is 12.4 Å². The van der Waals surface area contributed by atoms with Crippen molar-refractivity contribution >= 4 is 21.6 Å². The van der Waals surface area contributed by atoms with Gasteiger partial charge in [-0.2, -0.15) is 0 Å². The van der Waals surface area contributed by atoms with E-state index in [1.807, 2.05) is 6.92 Å². The smallest absolute Gasteiger partial charge is 0.240 e. The minimum atomic E-state index is -3.52. The van der Waals surface area contributed by atoms with Crippen molar-refractivity contribution in [1.82, 2.24) is 4.72 Å². The van der Waals surface area contributed by atoms with Crippen molar-refractivity contribution in [3.05, 3.63) is 23.8 Å². The molecule has 0 saturated heterocycles. The Bertz CT molecular complexity index is 583. The van der Waals surface area contributed by atoms with E-state index in [-0.39, 0.29) is 16.8 Å². The Kier molecular flexibility index (Phi) is 5.67. The van der Waals surface area contributed by atoms with Gasteiger partial charge in [-0.15, -0.1) is 0 Å². The van der Waals surface area contributed by atoms with Crippen molar-refractivity contribution in [3.8, 4) is 0 Å². The van der Waals surface area contributed by atoms with Gasteiger partial charge in [-0.05, 0) is 45.0 Å². The zero-order chi connectivity index (χ0) is 15.3. The van der Waals surface area contributed by atoms with Crippen LogP contribution in [0.1, 0.15) is 25.3 Å². The summed E-state index contributed by atoms with van der Waals surface area (Å²) >= 11 is 0. The first-order valence-electron chi connectivity index (χ1n) is 6.36. The van der Waals surface area contributed by atoms with Crippen molar-refractivity contribution in [2.24, 2.45) is 5.73 Å². The topological polar surface area (TPSA) is 101 Å². The Hall–Kier alpha value is -1.44. The highest BCUT2D eigenvalue weighted by Gasteiger charge is 2.14. The van der Waals surface area contributed by atoms with E-state index < -0.39 is 10.0 Å². The molecule has 0 fully saturated rings. The molecule has 1 aromatic carbocycles. The van der Waals surface area contributed by atoms with Gasteiger partial charge in [-0.1, -0.05) is 6.07 Å². The Labute approximate surface area is 119 Å². The number of sulfonamides is 1. The third kappa shape index (κ3) is 4.59.